The Bertz CT molecular complexity index is 438. The van der Waals surface area contributed by atoms with E-state index in [0.717, 1.165) is 17.5 Å². The first kappa shape index (κ1) is 17.8. The number of aryl methyl sites for hydroxylation is 1. The van der Waals surface area contributed by atoms with Crippen LogP contribution in [0.1, 0.15) is 23.6 Å². The van der Waals surface area contributed by atoms with Crippen molar-refractivity contribution >= 4 is 0 Å². The van der Waals surface area contributed by atoms with Crippen LogP contribution < -0.4 is 10.6 Å². The molecule has 0 atom stereocenters. The van der Waals surface area contributed by atoms with Gasteiger partial charge in [-0.1, -0.05) is 13.0 Å². The lowest BCUT2D eigenvalue weighted by Gasteiger charge is -2.17. The minimum atomic E-state index is -1.45. The number of phenols is 1. The third kappa shape index (κ3) is 5.96. The summed E-state index contributed by atoms with van der Waals surface area (Å²) in [5.41, 5.74) is 2.57. The van der Waals surface area contributed by atoms with E-state index in [1.54, 1.807) is 6.07 Å². The lowest BCUT2D eigenvalue weighted by Crippen LogP contribution is -2.29. The van der Waals surface area contributed by atoms with Gasteiger partial charge in [-0.05, 0) is 23.6 Å². The minimum Gasteiger partial charge on any atom is -0.508 e. The summed E-state index contributed by atoms with van der Waals surface area (Å²) < 4.78 is 0. The number of aliphatic hydroxyl groups is 4. The van der Waals surface area contributed by atoms with Gasteiger partial charge < -0.3 is 36.2 Å². The number of rotatable bonds is 9. The normalized spacial score (nSPS) is 11.6. The Morgan fingerprint density at radius 1 is 0.905 bits per heavy atom. The number of benzene rings is 1. The number of aliphatic hydroxyl groups excluding tert-OH is 2. The molecule has 0 saturated heterocycles. The van der Waals surface area contributed by atoms with E-state index in [2.05, 4.69) is 10.6 Å². The molecule has 0 aromatic heterocycles. The number of hydrogen-bond donors (Lipinski definition) is 7. The molecule has 0 radical (unpaired) electrons. The van der Waals surface area contributed by atoms with Crippen LogP contribution in [0.3, 0.4) is 0 Å². The van der Waals surface area contributed by atoms with E-state index in [0.29, 0.717) is 12.1 Å². The molecule has 21 heavy (non-hydrogen) atoms. The first-order valence-electron chi connectivity index (χ1n) is 6.92. The molecule has 7 N–H and O–H groups in total. The lowest BCUT2D eigenvalue weighted by atomic mass is 9.98. The molecule has 1 aromatic carbocycles. The van der Waals surface area contributed by atoms with Crippen LogP contribution in [0.2, 0.25) is 0 Å². The first-order chi connectivity index (χ1) is 9.95. The minimum absolute atomic E-state index is 0.00197. The van der Waals surface area contributed by atoms with Crippen molar-refractivity contribution in [2.75, 3.05) is 13.1 Å². The Balaban J connectivity index is 2.85. The number of hydrogen-bond acceptors (Lipinski definition) is 7. The molecular weight excluding hydrogens is 276 g/mol. The van der Waals surface area contributed by atoms with E-state index in [4.69, 9.17) is 20.4 Å². The van der Waals surface area contributed by atoms with Crippen LogP contribution in [-0.2, 0) is 19.5 Å². The van der Waals surface area contributed by atoms with Crippen LogP contribution in [0.4, 0.5) is 0 Å². The molecule has 0 bridgehead atoms. The highest BCUT2D eigenvalue weighted by Gasteiger charge is 2.12. The van der Waals surface area contributed by atoms with Crippen LogP contribution in [-0.4, -0.2) is 51.2 Å². The molecule has 1 rings (SSSR count). The van der Waals surface area contributed by atoms with Crippen molar-refractivity contribution in [3.63, 3.8) is 0 Å². The fraction of sp³-hybridized carbons (Fsp3) is 0.571. The van der Waals surface area contributed by atoms with Crippen LogP contribution in [0.25, 0.3) is 0 Å². The van der Waals surface area contributed by atoms with Gasteiger partial charge >= 0.3 is 0 Å². The van der Waals surface area contributed by atoms with E-state index in [-0.39, 0.29) is 25.4 Å². The van der Waals surface area contributed by atoms with E-state index >= 15 is 0 Å². The van der Waals surface area contributed by atoms with Crippen molar-refractivity contribution in [3.8, 4) is 5.75 Å². The van der Waals surface area contributed by atoms with Crippen LogP contribution in [0.5, 0.6) is 5.75 Å². The van der Waals surface area contributed by atoms with Crippen LogP contribution in [0, 0.1) is 0 Å². The molecule has 7 nitrogen and oxygen atoms in total. The van der Waals surface area contributed by atoms with Gasteiger partial charge in [0.25, 0.3) is 0 Å². The zero-order chi connectivity index (χ0) is 15.8. The summed E-state index contributed by atoms with van der Waals surface area (Å²) >= 11 is 0. The zero-order valence-corrected chi connectivity index (χ0v) is 12.1. The predicted octanol–water partition coefficient (Wildman–Crippen LogP) is -1.24. The Morgan fingerprint density at radius 3 is 1.90 bits per heavy atom. The maximum atomic E-state index is 9.99. The molecule has 0 heterocycles. The van der Waals surface area contributed by atoms with E-state index < -0.39 is 12.6 Å². The third-order valence-electron chi connectivity index (χ3n) is 3.14. The summed E-state index contributed by atoms with van der Waals surface area (Å²) in [5, 5.41) is 51.1. The molecule has 0 aliphatic heterocycles. The molecule has 0 spiro atoms. The van der Waals surface area contributed by atoms with Gasteiger partial charge in [0, 0.05) is 31.7 Å². The van der Waals surface area contributed by atoms with Crippen molar-refractivity contribution in [2.45, 2.75) is 39.0 Å². The summed E-state index contributed by atoms with van der Waals surface area (Å²) in [7, 11) is 0. The largest absolute Gasteiger partial charge is 0.508 e. The zero-order valence-electron chi connectivity index (χ0n) is 12.1. The van der Waals surface area contributed by atoms with Gasteiger partial charge in [-0.25, -0.2) is 0 Å². The molecule has 0 aliphatic carbocycles. The molecule has 0 fully saturated rings. The number of nitrogens with one attached hydrogen (secondary N) is 2. The van der Waals surface area contributed by atoms with Crippen molar-refractivity contribution < 1.29 is 25.5 Å². The molecule has 1 aromatic rings. The maximum absolute atomic E-state index is 9.99. The Hall–Kier alpha value is -1.22. The molecule has 0 saturated carbocycles. The molecule has 0 unspecified atom stereocenters. The van der Waals surface area contributed by atoms with Crippen molar-refractivity contribution in [1.29, 1.82) is 0 Å². The van der Waals surface area contributed by atoms with Gasteiger partial charge in [0.1, 0.15) is 5.75 Å². The van der Waals surface area contributed by atoms with Gasteiger partial charge in [-0.3, -0.25) is 0 Å². The molecular formula is C14H24N2O5. The van der Waals surface area contributed by atoms with E-state index in [1.807, 2.05) is 13.0 Å². The molecule has 120 valence electrons. The highest BCUT2D eigenvalue weighted by Crippen LogP contribution is 2.25. The topological polar surface area (TPSA) is 125 Å². The predicted molar refractivity (Wildman–Crippen MR) is 77.3 cm³/mol. The van der Waals surface area contributed by atoms with Gasteiger partial charge in [-0.2, -0.15) is 0 Å². The second-order valence-electron chi connectivity index (χ2n) is 4.78. The average Bonchev–Trinajstić information content (AvgIpc) is 2.41. The summed E-state index contributed by atoms with van der Waals surface area (Å²) in [5.74, 6) is 0.119. The highest BCUT2D eigenvalue weighted by molar-refractivity contribution is 5.44. The molecule has 0 aliphatic rings. The highest BCUT2D eigenvalue weighted by atomic mass is 16.5. The molecule has 0 amide bonds. The quantitative estimate of drug-likeness (QED) is 0.284. The second kappa shape index (κ2) is 8.93. The average molecular weight is 300 g/mol. The van der Waals surface area contributed by atoms with E-state index in [9.17, 15) is 5.11 Å². The SMILES string of the molecule is CCc1ccc(O)c(CNCC(O)O)c1CNCC(O)O. The Kier molecular flexibility index (Phi) is 7.58. The van der Waals surface area contributed by atoms with Gasteiger partial charge in [0.05, 0.1) is 0 Å². The lowest BCUT2D eigenvalue weighted by molar-refractivity contribution is -0.0383. The fourth-order valence-corrected chi connectivity index (χ4v) is 2.13. The number of aromatic hydroxyl groups is 1. The van der Waals surface area contributed by atoms with Crippen LogP contribution in [0.15, 0.2) is 12.1 Å². The van der Waals surface area contributed by atoms with Crippen LogP contribution >= 0.6 is 0 Å². The maximum Gasteiger partial charge on any atom is 0.164 e. The monoisotopic (exact) mass is 300 g/mol. The van der Waals surface area contributed by atoms with Crippen molar-refractivity contribution in [1.82, 2.24) is 10.6 Å². The Labute approximate surface area is 123 Å². The van der Waals surface area contributed by atoms with Crippen molar-refractivity contribution in [2.24, 2.45) is 0 Å². The Morgan fingerprint density at radius 2 is 1.43 bits per heavy atom. The summed E-state index contributed by atoms with van der Waals surface area (Å²) in [4.78, 5) is 0. The van der Waals surface area contributed by atoms with Gasteiger partial charge in [0.2, 0.25) is 0 Å². The summed E-state index contributed by atoms with van der Waals surface area (Å²) in [6.45, 7) is 2.69. The second-order valence-corrected chi connectivity index (χ2v) is 4.78. The van der Waals surface area contributed by atoms with Gasteiger partial charge in [-0.15, -0.1) is 0 Å². The smallest absolute Gasteiger partial charge is 0.164 e. The third-order valence-corrected chi connectivity index (χ3v) is 3.14. The first-order valence-corrected chi connectivity index (χ1v) is 6.92. The molecule has 7 heteroatoms. The van der Waals surface area contributed by atoms with Gasteiger partial charge in [0.15, 0.2) is 12.6 Å². The fourth-order valence-electron chi connectivity index (χ4n) is 2.13. The summed E-state index contributed by atoms with van der Waals surface area (Å²) in [6, 6.07) is 3.43. The number of phenolic OH excluding ortho intramolecular Hbond substituents is 1. The van der Waals surface area contributed by atoms with E-state index in [1.165, 1.54) is 0 Å². The van der Waals surface area contributed by atoms with Crippen molar-refractivity contribution in [3.05, 3.63) is 28.8 Å². The summed E-state index contributed by atoms with van der Waals surface area (Å²) in [6.07, 6.45) is -2.11. The standard InChI is InChI=1S/C14H24N2O5/c1-2-9-3-4-12(17)11(6-16-8-14(20)21)10(9)5-15-7-13(18)19/h3-4,13-21H,2,5-8H2,1H3.